The second kappa shape index (κ2) is 5.42. The Bertz CT molecular complexity index is 297. The lowest BCUT2D eigenvalue weighted by atomic mass is 10.1. The van der Waals surface area contributed by atoms with Crippen LogP contribution >= 0.6 is 11.5 Å². The van der Waals surface area contributed by atoms with E-state index in [1.807, 2.05) is 0 Å². The minimum Gasteiger partial charge on any atom is -0.466 e. The van der Waals surface area contributed by atoms with Gasteiger partial charge in [-0.25, -0.2) is 0 Å². The Morgan fingerprint density at radius 3 is 3.00 bits per heavy atom. The van der Waals surface area contributed by atoms with Gasteiger partial charge in [0.25, 0.3) is 5.19 Å². The third-order valence-electron chi connectivity index (χ3n) is 2.48. The van der Waals surface area contributed by atoms with Crippen molar-refractivity contribution in [3.63, 3.8) is 0 Å². The highest BCUT2D eigenvalue weighted by molar-refractivity contribution is 7.07. The SMILES string of the molecule is CCCc1nsc(OC2CCNCC2)n1. The average Bonchev–Trinajstić information content (AvgIpc) is 2.68. The second-order valence-corrected chi connectivity index (χ2v) is 4.51. The predicted octanol–water partition coefficient (Wildman–Crippen LogP) is 1.62. The fraction of sp³-hybridized carbons (Fsp3) is 0.800. The van der Waals surface area contributed by atoms with Gasteiger partial charge in [-0.3, -0.25) is 0 Å². The molecule has 1 fully saturated rings. The van der Waals surface area contributed by atoms with Gasteiger partial charge in [-0.15, -0.1) is 0 Å². The Morgan fingerprint density at radius 1 is 1.47 bits per heavy atom. The predicted molar refractivity (Wildman–Crippen MR) is 60.4 cm³/mol. The quantitative estimate of drug-likeness (QED) is 0.849. The Balaban J connectivity index is 1.86. The Morgan fingerprint density at radius 2 is 2.27 bits per heavy atom. The summed E-state index contributed by atoms with van der Waals surface area (Å²) in [4.78, 5) is 4.36. The molecule has 4 nitrogen and oxygen atoms in total. The third kappa shape index (κ3) is 3.14. The van der Waals surface area contributed by atoms with Crippen molar-refractivity contribution in [3.05, 3.63) is 5.82 Å². The highest BCUT2D eigenvalue weighted by atomic mass is 32.1. The number of hydrogen-bond acceptors (Lipinski definition) is 5. The molecule has 1 saturated heterocycles. The first-order valence-corrected chi connectivity index (χ1v) is 6.36. The number of ether oxygens (including phenoxy) is 1. The normalized spacial score (nSPS) is 17.9. The van der Waals surface area contributed by atoms with Gasteiger partial charge in [0.1, 0.15) is 11.9 Å². The Kier molecular flexibility index (Phi) is 3.91. The zero-order valence-corrected chi connectivity index (χ0v) is 9.85. The van der Waals surface area contributed by atoms with Crippen molar-refractivity contribution < 1.29 is 4.74 Å². The maximum atomic E-state index is 5.79. The molecule has 0 radical (unpaired) electrons. The molecule has 2 rings (SSSR count). The molecular formula is C10H17N3OS. The van der Waals surface area contributed by atoms with E-state index in [2.05, 4.69) is 21.6 Å². The number of nitrogens with one attached hydrogen (secondary N) is 1. The number of aryl methyl sites for hydroxylation is 1. The molecule has 0 unspecified atom stereocenters. The van der Waals surface area contributed by atoms with Crippen molar-refractivity contribution in [1.82, 2.24) is 14.7 Å². The lowest BCUT2D eigenvalue weighted by Gasteiger charge is -2.21. The highest BCUT2D eigenvalue weighted by Crippen LogP contribution is 2.19. The summed E-state index contributed by atoms with van der Waals surface area (Å²) in [5, 5.41) is 4.05. The van der Waals surface area contributed by atoms with Crippen molar-refractivity contribution >= 4 is 11.5 Å². The lowest BCUT2D eigenvalue weighted by Crippen LogP contribution is -2.34. The van der Waals surface area contributed by atoms with E-state index < -0.39 is 0 Å². The second-order valence-electron chi connectivity index (χ2n) is 3.79. The van der Waals surface area contributed by atoms with E-state index in [0.717, 1.165) is 49.8 Å². The molecule has 1 aliphatic heterocycles. The summed E-state index contributed by atoms with van der Waals surface area (Å²) in [6.07, 6.45) is 4.51. The van der Waals surface area contributed by atoms with E-state index in [9.17, 15) is 0 Å². The summed E-state index contributed by atoms with van der Waals surface area (Å²) < 4.78 is 10.0. The van der Waals surface area contributed by atoms with Crippen molar-refractivity contribution in [2.45, 2.75) is 38.7 Å². The first kappa shape index (κ1) is 10.8. The van der Waals surface area contributed by atoms with Crippen molar-refractivity contribution in [3.8, 4) is 5.19 Å². The van der Waals surface area contributed by atoms with Crippen molar-refractivity contribution in [2.75, 3.05) is 13.1 Å². The van der Waals surface area contributed by atoms with Crippen LogP contribution in [0.4, 0.5) is 0 Å². The van der Waals surface area contributed by atoms with Crippen LogP contribution in [-0.2, 0) is 6.42 Å². The molecule has 0 spiro atoms. The maximum Gasteiger partial charge on any atom is 0.293 e. The molecule has 84 valence electrons. The van der Waals surface area contributed by atoms with Gasteiger partial charge in [0, 0.05) is 18.0 Å². The Hall–Kier alpha value is -0.680. The summed E-state index contributed by atoms with van der Waals surface area (Å²) in [5.74, 6) is 0.923. The van der Waals surface area contributed by atoms with Gasteiger partial charge in [0.15, 0.2) is 0 Å². The molecule has 0 atom stereocenters. The van der Waals surface area contributed by atoms with Crippen LogP contribution in [0.2, 0.25) is 0 Å². The number of aromatic nitrogens is 2. The van der Waals surface area contributed by atoms with E-state index in [1.54, 1.807) is 0 Å². The van der Waals surface area contributed by atoms with Crippen molar-refractivity contribution in [2.24, 2.45) is 0 Å². The largest absolute Gasteiger partial charge is 0.466 e. The van der Waals surface area contributed by atoms with E-state index in [1.165, 1.54) is 11.5 Å². The van der Waals surface area contributed by atoms with Crippen LogP contribution in [0, 0.1) is 0 Å². The van der Waals surface area contributed by atoms with Crippen LogP contribution in [0.15, 0.2) is 0 Å². The van der Waals surface area contributed by atoms with Gasteiger partial charge < -0.3 is 10.1 Å². The van der Waals surface area contributed by atoms with Crippen LogP contribution in [0.3, 0.4) is 0 Å². The number of nitrogens with zero attached hydrogens (tertiary/aromatic N) is 2. The zero-order valence-electron chi connectivity index (χ0n) is 9.03. The van der Waals surface area contributed by atoms with Gasteiger partial charge in [0.05, 0.1) is 0 Å². The maximum absolute atomic E-state index is 5.79. The van der Waals surface area contributed by atoms with E-state index in [-0.39, 0.29) is 0 Å². The molecule has 1 aromatic heterocycles. The van der Waals surface area contributed by atoms with E-state index >= 15 is 0 Å². The first-order chi connectivity index (χ1) is 7.38. The molecule has 1 N–H and O–H groups in total. The fourth-order valence-corrected chi connectivity index (χ4v) is 2.31. The van der Waals surface area contributed by atoms with Crippen LogP contribution in [0.25, 0.3) is 0 Å². The van der Waals surface area contributed by atoms with Crippen LogP contribution in [0.1, 0.15) is 32.0 Å². The molecule has 2 heterocycles. The molecule has 0 saturated carbocycles. The molecule has 0 aliphatic carbocycles. The molecule has 0 aromatic carbocycles. The van der Waals surface area contributed by atoms with Crippen LogP contribution in [0.5, 0.6) is 5.19 Å². The van der Waals surface area contributed by atoms with Gasteiger partial charge in [0.2, 0.25) is 0 Å². The summed E-state index contributed by atoms with van der Waals surface area (Å²) in [6, 6.07) is 0. The standard InChI is InChI=1S/C10H17N3OS/c1-2-3-9-12-10(15-13-9)14-8-4-6-11-7-5-8/h8,11H,2-7H2,1H3. The molecular weight excluding hydrogens is 210 g/mol. The van der Waals surface area contributed by atoms with Crippen LogP contribution < -0.4 is 10.1 Å². The van der Waals surface area contributed by atoms with E-state index in [0.29, 0.717) is 6.10 Å². The smallest absolute Gasteiger partial charge is 0.293 e. The number of piperidine rings is 1. The monoisotopic (exact) mass is 227 g/mol. The summed E-state index contributed by atoms with van der Waals surface area (Å²) in [5.41, 5.74) is 0. The van der Waals surface area contributed by atoms with Gasteiger partial charge in [-0.2, -0.15) is 9.36 Å². The van der Waals surface area contributed by atoms with Gasteiger partial charge in [-0.05, 0) is 32.4 Å². The minimum absolute atomic E-state index is 0.327. The highest BCUT2D eigenvalue weighted by Gasteiger charge is 2.16. The van der Waals surface area contributed by atoms with Crippen LogP contribution in [-0.4, -0.2) is 28.6 Å². The Labute approximate surface area is 94.2 Å². The summed E-state index contributed by atoms with van der Waals surface area (Å²) in [7, 11) is 0. The average molecular weight is 227 g/mol. The topological polar surface area (TPSA) is 47.0 Å². The van der Waals surface area contributed by atoms with E-state index in [4.69, 9.17) is 4.74 Å². The molecule has 1 aromatic rings. The first-order valence-electron chi connectivity index (χ1n) is 5.58. The minimum atomic E-state index is 0.327. The molecule has 5 heteroatoms. The fourth-order valence-electron chi connectivity index (χ4n) is 1.67. The molecule has 0 amide bonds. The summed E-state index contributed by atoms with van der Waals surface area (Å²) >= 11 is 1.38. The van der Waals surface area contributed by atoms with Gasteiger partial charge in [-0.1, -0.05) is 6.92 Å². The lowest BCUT2D eigenvalue weighted by molar-refractivity contribution is 0.161. The molecule has 0 bridgehead atoms. The molecule has 1 aliphatic rings. The van der Waals surface area contributed by atoms with Gasteiger partial charge >= 0.3 is 0 Å². The number of rotatable bonds is 4. The van der Waals surface area contributed by atoms with Crippen molar-refractivity contribution in [1.29, 1.82) is 0 Å². The third-order valence-corrected chi connectivity index (χ3v) is 3.12. The number of hydrogen-bond donors (Lipinski definition) is 1. The zero-order chi connectivity index (χ0) is 10.5. The molecule has 15 heavy (non-hydrogen) atoms. The summed E-state index contributed by atoms with van der Waals surface area (Å²) in [6.45, 7) is 4.23.